The Labute approximate surface area is 175 Å². The van der Waals surface area contributed by atoms with E-state index in [0.29, 0.717) is 6.54 Å². The summed E-state index contributed by atoms with van der Waals surface area (Å²) in [5.41, 5.74) is 5.88. The van der Waals surface area contributed by atoms with Crippen molar-refractivity contribution in [2.24, 2.45) is 5.41 Å². The van der Waals surface area contributed by atoms with Gasteiger partial charge in [0.05, 0.1) is 5.41 Å². The summed E-state index contributed by atoms with van der Waals surface area (Å²) in [4.78, 5) is 13.6. The molecule has 4 nitrogen and oxygen atoms in total. The molecule has 0 fully saturated rings. The summed E-state index contributed by atoms with van der Waals surface area (Å²) >= 11 is 0. The van der Waals surface area contributed by atoms with E-state index in [2.05, 4.69) is 60.8 Å². The van der Waals surface area contributed by atoms with Crippen molar-refractivity contribution in [1.29, 1.82) is 0 Å². The van der Waals surface area contributed by atoms with E-state index in [9.17, 15) is 4.79 Å². The Kier molecular flexibility index (Phi) is 3.73. The number of hydrogen-bond acceptors (Lipinski definition) is 3. The Hall–Kier alpha value is -3.27. The normalized spacial score (nSPS) is 24.8. The molecule has 30 heavy (non-hydrogen) atoms. The molecule has 150 valence electrons. The van der Waals surface area contributed by atoms with Crippen molar-refractivity contribution < 1.29 is 14.3 Å². The molecule has 0 aromatic heterocycles. The largest absolute Gasteiger partial charge is 0.454 e. The van der Waals surface area contributed by atoms with Crippen molar-refractivity contribution in [3.8, 4) is 11.5 Å². The lowest BCUT2D eigenvalue weighted by Crippen LogP contribution is -2.49. The van der Waals surface area contributed by atoms with E-state index in [1.807, 2.05) is 18.2 Å². The number of benzene rings is 3. The Morgan fingerprint density at radius 1 is 0.933 bits per heavy atom. The fourth-order valence-electron chi connectivity index (χ4n) is 5.62. The zero-order valence-electron chi connectivity index (χ0n) is 16.9. The highest BCUT2D eigenvalue weighted by Gasteiger charge is 2.53. The molecular weight excluding hydrogens is 374 g/mol. The molecule has 4 heteroatoms. The summed E-state index contributed by atoms with van der Waals surface area (Å²) in [7, 11) is 0. The van der Waals surface area contributed by atoms with Gasteiger partial charge < -0.3 is 14.8 Å². The number of ether oxygens (including phenoxy) is 2. The molecule has 1 amide bonds. The van der Waals surface area contributed by atoms with Gasteiger partial charge in [-0.25, -0.2) is 0 Å². The average molecular weight is 397 g/mol. The zero-order chi connectivity index (χ0) is 20.3. The monoisotopic (exact) mass is 397 g/mol. The zero-order valence-corrected chi connectivity index (χ0v) is 16.9. The Balaban J connectivity index is 1.32. The molecule has 0 saturated carbocycles. The predicted octanol–water partition coefficient (Wildman–Crippen LogP) is 4.72. The number of rotatable bonds is 3. The summed E-state index contributed by atoms with van der Waals surface area (Å²) in [5, 5.41) is 3.21. The van der Waals surface area contributed by atoms with Crippen LogP contribution in [0.4, 0.5) is 0 Å². The number of amides is 1. The van der Waals surface area contributed by atoms with E-state index in [1.54, 1.807) is 0 Å². The van der Waals surface area contributed by atoms with Crippen LogP contribution in [-0.4, -0.2) is 12.7 Å². The minimum Gasteiger partial charge on any atom is -0.454 e. The number of nitrogens with one attached hydrogen (secondary N) is 1. The molecule has 0 saturated heterocycles. The van der Waals surface area contributed by atoms with Crippen molar-refractivity contribution in [3.05, 3.63) is 94.5 Å². The van der Waals surface area contributed by atoms with Gasteiger partial charge in [-0.05, 0) is 53.3 Å². The van der Waals surface area contributed by atoms with Gasteiger partial charge in [0.2, 0.25) is 12.7 Å². The van der Waals surface area contributed by atoms with Gasteiger partial charge in [0.1, 0.15) is 0 Å². The van der Waals surface area contributed by atoms with E-state index < -0.39 is 5.41 Å². The molecule has 0 radical (unpaired) electrons. The lowest BCUT2D eigenvalue weighted by atomic mass is 9.52. The van der Waals surface area contributed by atoms with E-state index in [4.69, 9.17) is 9.47 Å². The first kappa shape index (κ1) is 17.6. The number of carbonyl (C=O) groups excluding carboxylic acids is 1. The molecule has 3 aromatic rings. The summed E-state index contributed by atoms with van der Waals surface area (Å²) < 4.78 is 10.8. The maximum absolute atomic E-state index is 13.6. The van der Waals surface area contributed by atoms with Gasteiger partial charge in [0.25, 0.3) is 0 Å². The van der Waals surface area contributed by atoms with Crippen LogP contribution < -0.4 is 14.8 Å². The van der Waals surface area contributed by atoms with Crippen molar-refractivity contribution in [3.63, 3.8) is 0 Å². The van der Waals surface area contributed by atoms with Gasteiger partial charge in [0.15, 0.2) is 11.5 Å². The van der Waals surface area contributed by atoms with Crippen LogP contribution in [0.1, 0.15) is 53.0 Å². The molecule has 3 aromatic carbocycles. The van der Waals surface area contributed by atoms with E-state index in [1.165, 1.54) is 22.3 Å². The van der Waals surface area contributed by atoms with Crippen molar-refractivity contribution in [2.75, 3.05) is 6.79 Å². The fourth-order valence-corrected chi connectivity index (χ4v) is 5.62. The van der Waals surface area contributed by atoms with Crippen LogP contribution in [0, 0.1) is 5.41 Å². The van der Waals surface area contributed by atoms with E-state index >= 15 is 0 Å². The van der Waals surface area contributed by atoms with Gasteiger partial charge in [-0.2, -0.15) is 0 Å². The molecule has 1 heterocycles. The maximum atomic E-state index is 13.6. The molecule has 1 N–H and O–H groups in total. The minimum atomic E-state index is -0.482. The first-order valence-electron chi connectivity index (χ1n) is 10.5. The highest BCUT2D eigenvalue weighted by atomic mass is 16.7. The van der Waals surface area contributed by atoms with Crippen molar-refractivity contribution >= 4 is 5.91 Å². The highest BCUT2D eigenvalue weighted by Crippen LogP contribution is 2.60. The molecule has 1 unspecified atom stereocenters. The van der Waals surface area contributed by atoms with Gasteiger partial charge in [-0.15, -0.1) is 0 Å². The molecule has 0 spiro atoms. The topological polar surface area (TPSA) is 47.6 Å². The third-order valence-corrected chi connectivity index (χ3v) is 7.04. The molecular formula is C26H23NO3. The van der Waals surface area contributed by atoms with Crippen LogP contribution in [0.15, 0.2) is 66.7 Å². The van der Waals surface area contributed by atoms with Gasteiger partial charge in [0, 0.05) is 18.4 Å². The standard InChI is InChI=1S/C26H23NO3/c1-26(25(28)27-14-16-10-11-22-23(12-16)30-15-29-22)13-21-17-6-2-4-8-19(17)24(26)20-9-5-3-7-18(20)21/h2-12,21,24H,13-15H2,1H3,(H,27,28). The van der Waals surface area contributed by atoms with Gasteiger partial charge in [-0.1, -0.05) is 54.6 Å². The fraction of sp³-hybridized carbons (Fsp3) is 0.269. The average Bonchev–Trinajstić information content (AvgIpc) is 3.25. The quantitative estimate of drug-likeness (QED) is 0.696. The number of hydrogen-bond donors (Lipinski definition) is 1. The first-order valence-corrected chi connectivity index (χ1v) is 10.5. The Morgan fingerprint density at radius 3 is 2.27 bits per heavy atom. The van der Waals surface area contributed by atoms with Gasteiger partial charge in [-0.3, -0.25) is 4.79 Å². The lowest BCUT2D eigenvalue weighted by Gasteiger charge is -2.50. The first-order chi connectivity index (χ1) is 14.6. The SMILES string of the molecule is CC1(C(=O)NCc2ccc3c(c2)OCO3)CC2c3ccccc3C1c1ccccc12. The molecule has 3 aliphatic carbocycles. The second-order valence-corrected chi connectivity index (χ2v) is 8.74. The third-order valence-electron chi connectivity index (χ3n) is 7.04. The number of carbonyl (C=O) groups is 1. The summed E-state index contributed by atoms with van der Waals surface area (Å²) in [6, 6.07) is 23.1. The predicted molar refractivity (Wildman–Crippen MR) is 114 cm³/mol. The van der Waals surface area contributed by atoms with Crippen LogP contribution in [0.2, 0.25) is 0 Å². The second kappa shape index (κ2) is 6.36. The minimum absolute atomic E-state index is 0.0756. The smallest absolute Gasteiger partial charge is 0.231 e. The molecule has 2 bridgehead atoms. The molecule has 7 rings (SSSR count). The van der Waals surface area contributed by atoms with E-state index in [-0.39, 0.29) is 24.5 Å². The summed E-state index contributed by atoms with van der Waals surface area (Å²) in [6.45, 7) is 2.86. The van der Waals surface area contributed by atoms with Crippen LogP contribution in [0.5, 0.6) is 11.5 Å². The maximum Gasteiger partial charge on any atom is 0.231 e. The van der Waals surface area contributed by atoms with Crippen molar-refractivity contribution in [1.82, 2.24) is 5.32 Å². The molecule has 4 aliphatic rings. The highest BCUT2D eigenvalue weighted by molar-refractivity contribution is 5.86. The van der Waals surface area contributed by atoms with Crippen LogP contribution >= 0.6 is 0 Å². The summed E-state index contributed by atoms with van der Waals surface area (Å²) in [6.07, 6.45) is 0.832. The van der Waals surface area contributed by atoms with Crippen LogP contribution in [0.3, 0.4) is 0 Å². The Bertz CT molecular complexity index is 1120. The number of fused-ring (bicyclic) bond motifs is 2. The third kappa shape index (κ3) is 2.43. The second-order valence-electron chi connectivity index (χ2n) is 8.74. The van der Waals surface area contributed by atoms with Crippen molar-refractivity contribution in [2.45, 2.75) is 31.7 Å². The van der Waals surface area contributed by atoms with Gasteiger partial charge >= 0.3 is 0 Å². The van der Waals surface area contributed by atoms with E-state index in [0.717, 1.165) is 23.5 Å². The summed E-state index contributed by atoms with van der Waals surface area (Å²) in [5.74, 6) is 1.96. The van der Waals surface area contributed by atoms with Crippen LogP contribution in [-0.2, 0) is 11.3 Å². The van der Waals surface area contributed by atoms with Crippen LogP contribution in [0.25, 0.3) is 0 Å². The molecule has 1 atom stereocenters. The molecule has 1 aliphatic heterocycles. The Morgan fingerprint density at radius 2 is 1.57 bits per heavy atom. The lowest BCUT2D eigenvalue weighted by molar-refractivity contribution is -0.132.